The SMILES string of the molecule is CCCCCCCCN(Cc1ccncc1)C(=O)CCN1CCCCC1. The average Bonchev–Trinajstić information content (AvgIpc) is 2.69. The first kappa shape index (κ1) is 20.9. The van der Waals surface area contributed by atoms with Gasteiger partial charge in [0, 0.05) is 38.4 Å². The summed E-state index contributed by atoms with van der Waals surface area (Å²) < 4.78 is 0. The van der Waals surface area contributed by atoms with Crippen LogP contribution in [-0.2, 0) is 11.3 Å². The number of unbranched alkanes of at least 4 members (excludes halogenated alkanes) is 5. The molecule has 0 spiro atoms. The Morgan fingerprint density at radius 1 is 1.04 bits per heavy atom. The molecule has 0 N–H and O–H groups in total. The van der Waals surface area contributed by atoms with E-state index in [2.05, 4.69) is 21.7 Å². The van der Waals surface area contributed by atoms with Gasteiger partial charge in [-0.1, -0.05) is 45.4 Å². The molecule has 0 atom stereocenters. The molecule has 2 heterocycles. The van der Waals surface area contributed by atoms with E-state index in [9.17, 15) is 4.79 Å². The number of rotatable bonds is 12. The third-order valence-electron chi connectivity index (χ3n) is 5.35. The minimum absolute atomic E-state index is 0.306. The van der Waals surface area contributed by atoms with Crippen molar-refractivity contribution in [2.45, 2.75) is 77.7 Å². The topological polar surface area (TPSA) is 36.4 Å². The molecule has 146 valence electrons. The zero-order valence-corrected chi connectivity index (χ0v) is 16.7. The Kier molecular flexibility index (Phi) is 10.3. The maximum Gasteiger partial charge on any atom is 0.224 e. The molecule has 0 radical (unpaired) electrons. The van der Waals surface area contributed by atoms with Gasteiger partial charge >= 0.3 is 0 Å². The quantitative estimate of drug-likeness (QED) is 0.510. The van der Waals surface area contributed by atoms with Crippen LogP contribution in [0, 0.1) is 0 Å². The highest BCUT2D eigenvalue weighted by Gasteiger charge is 2.16. The molecule has 0 bridgehead atoms. The summed E-state index contributed by atoms with van der Waals surface area (Å²) in [6.07, 6.45) is 15.8. The third kappa shape index (κ3) is 8.31. The van der Waals surface area contributed by atoms with Crippen molar-refractivity contribution in [2.75, 3.05) is 26.2 Å². The molecule has 4 heteroatoms. The van der Waals surface area contributed by atoms with Crippen LogP contribution in [0.3, 0.4) is 0 Å². The number of carbonyl (C=O) groups excluding carboxylic acids is 1. The Morgan fingerprint density at radius 3 is 2.46 bits per heavy atom. The van der Waals surface area contributed by atoms with E-state index in [0.717, 1.165) is 39.1 Å². The molecule has 0 saturated carbocycles. The largest absolute Gasteiger partial charge is 0.338 e. The van der Waals surface area contributed by atoms with Crippen LogP contribution in [0.1, 0.15) is 76.7 Å². The van der Waals surface area contributed by atoms with E-state index in [4.69, 9.17) is 0 Å². The standard InChI is InChI=1S/C22H37N3O/c1-2-3-4-5-6-10-18-25(20-21-11-14-23-15-12-21)22(26)13-19-24-16-8-7-9-17-24/h11-12,14-15H,2-10,13,16-20H2,1H3. The van der Waals surface area contributed by atoms with Gasteiger partial charge in [0.1, 0.15) is 0 Å². The van der Waals surface area contributed by atoms with Gasteiger partial charge in [-0.2, -0.15) is 0 Å². The highest BCUT2D eigenvalue weighted by Crippen LogP contribution is 2.12. The van der Waals surface area contributed by atoms with Gasteiger partial charge in [-0.25, -0.2) is 0 Å². The Balaban J connectivity index is 1.79. The van der Waals surface area contributed by atoms with Crippen molar-refractivity contribution >= 4 is 5.91 Å². The van der Waals surface area contributed by atoms with E-state index in [1.54, 1.807) is 0 Å². The van der Waals surface area contributed by atoms with Gasteiger partial charge in [0.05, 0.1) is 0 Å². The fourth-order valence-electron chi connectivity index (χ4n) is 3.68. The first-order chi connectivity index (χ1) is 12.8. The molecule has 0 aromatic carbocycles. The number of hydrogen-bond donors (Lipinski definition) is 0. The van der Waals surface area contributed by atoms with Crippen LogP contribution in [0.2, 0.25) is 0 Å². The molecule has 2 rings (SSSR count). The molecule has 4 nitrogen and oxygen atoms in total. The number of piperidine rings is 1. The maximum atomic E-state index is 12.8. The van der Waals surface area contributed by atoms with E-state index in [1.807, 2.05) is 24.5 Å². The highest BCUT2D eigenvalue weighted by molar-refractivity contribution is 5.76. The van der Waals surface area contributed by atoms with Crippen LogP contribution in [0.5, 0.6) is 0 Å². The molecular weight excluding hydrogens is 322 g/mol. The van der Waals surface area contributed by atoms with Gasteiger partial charge in [-0.15, -0.1) is 0 Å². The maximum absolute atomic E-state index is 12.8. The van der Waals surface area contributed by atoms with Gasteiger partial charge in [0.25, 0.3) is 0 Å². The molecule has 1 aromatic heterocycles. The fraction of sp³-hybridized carbons (Fsp3) is 0.727. The monoisotopic (exact) mass is 359 g/mol. The minimum atomic E-state index is 0.306. The predicted molar refractivity (Wildman–Crippen MR) is 108 cm³/mol. The van der Waals surface area contributed by atoms with Gasteiger partial charge in [-0.3, -0.25) is 9.78 Å². The Morgan fingerprint density at radius 2 is 1.73 bits per heavy atom. The van der Waals surface area contributed by atoms with E-state index >= 15 is 0 Å². The lowest BCUT2D eigenvalue weighted by Crippen LogP contribution is -2.36. The number of hydrogen-bond acceptors (Lipinski definition) is 3. The van der Waals surface area contributed by atoms with Crippen molar-refractivity contribution in [3.8, 4) is 0 Å². The van der Waals surface area contributed by atoms with E-state index in [-0.39, 0.29) is 0 Å². The lowest BCUT2D eigenvalue weighted by molar-refractivity contribution is -0.132. The minimum Gasteiger partial charge on any atom is -0.338 e. The molecule has 1 amide bonds. The fourth-order valence-corrected chi connectivity index (χ4v) is 3.68. The van der Waals surface area contributed by atoms with Crippen LogP contribution in [0.25, 0.3) is 0 Å². The number of nitrogens with zero attached hydrogens (tertiary/aromatic N) is 3. The molecule has 1 fully saturated rings. The van der Waals surface area contributed by atoms with E-state index in [0.29, 0.717) is 12.3 Å². The Hall–Kier alpha value is -1.42. The van der Waals surface area contributed by atoms with Gasteiger partial charge in [-0.05, 0) is 50.0 Å². The molecule has 26 heavy (non-hydrogen) atoms. The number of amides is 1. The lowest BCUT2D eigenvalue weighted by atomic mass is 10.1. The van der Waals surface area contributed by atoms with Crippen molar-refractivity contribution in [3.05, 3.63) is 30.1 Å². The number of likely N-dealkylation sites (tertiary alicyclic amines) is 1. The summed E-state index contributed by atoms with van der Waals surface area (Å²) in [6, 6.07) is 4.04. The zero-order chi connectivity index (χ0) is 18.5. The van der Waals surface area contributed by atoms with Crippen molar-refractivity contribution in [1.82, 2.24) is 14.8 Å². The van der Waals surface area contributed by atoms with Gasteiger partial charge in [0.2, 0.25) is 5.91 Å². The van der Waals surface area contributed by atoms with Crippen LogP contribution >= 0.6 is 0 Å². The third-order valence-corrected chi connectivity index (χ3v) is 5.35. The molecule has 1 saturated heterocycles. The van der Waals surface area contributed by atoms with E-state index in [1.165, 1.54) is 56.9 Å². The lowest BCUT2D eigenvalue weighted by Gasteiger charge is -2.28. The summed E-state index contributed by atoms with van der Waals surface area (Å²) in [5, 5.41) is 0. The Labute approximate surface area is 160 Å². The normalized spacial score (nSPS) is 15.1. The second-order valence-corrected chi connectivity index (χ2v) is 7.59. The van der Waals surface area contributed by atoms with Crippen LogP contribution < -0.4 is 0 Å². The molecule has 1 aliphatic heterocycles. The molecular formula is C22H37N3O. The van der Waals surface area contributed by atoms with Crippen molar-refractivity contribution < 1.29 is 4.79 Å². The summed E-state index contributed by atoms with van der Waals surface area (Å²) in [7, 11) is 0. The van der Waals surface area contributed by atoms with Crippen molar-refractivity contribution in [2.24, 2.45) is 0 Å². The van der Waals surface area contributed by atoms with Crippen LogP contribution in [0.15, 0.2) is 24.5 Å². The average molecular weight is 360 g/mol. The smallest absolute Gasteiger partial charge is 0.224 e. The molecule has 1 aromatic rings. The summed E-state index contributed by atoms with van der Waals surface area (Å²) in [5.41, 5.74) is 1.18. The predicted octanol–water partition coefficient (Wildman–Crippen LogP) is 4.65. The highest BCUT2D eigenvalue weighted by atomic mass is 16.2. The Bertz CT molecular complexity index is 485. The summed E-state index contributed by atoms with van der Waals surface area (Å²) in [6.45, 7) is 7.09. The summed E-state index contributed by atoms with van der Waals surface area (Å²) in [5.74, 6) is 0.306. The van der Waals surface area contributed by atoms with E-state index < -0.39 is 0 Å². The zero-order valence-electron chi connectivity index (χ0n) is 16.7. The van der Waals surface area contributed by atoms with Gasteiger partial charge in [0.15, 0.2) is 0 Å². The number of pyridine rings is 1. The summed E-state index contributed by atoms with van der Waals surface area (Å²) in [4.78, 5) is 21.5. The first-order valence-corrected chi connectivity index (χ1v) is 10.7. The second-order valence-electron chi connectivity index (χ2n) is 7.59. The number of aromatic nitrogens is 1. The summed E-state index contributed by atoms with van der Waals surface area (Å²) >= 11 is 0. The number of carbonyl (C=O) groups is 1. The molecule has 0 aliphatic carbocycles. The molecule has 0 unspecified atom stereocenters. The van der Waals surface area contributed by atoms with Crippen LogP contribution in [0.4, 0.5) is 0 Å². The second kappa shape index (κ2) is 12.9. The van der Waals surface area contributed by atoms with Crippen molar-refractivity contribution in [1.29, 1.82) is 0 Å². The van der Waals surface area contributed by atoms with Gasteiger partial charge < -0.3 is 9.80 Å². The molecule has 1 aliphatic rings. The van der Waals surface area contributed by atoms with Crippen LogP contribution in [-0.4, -0.2) is 46.9 Å². The first-order valence-electron chi connectivity index (χ1n) is 10.7. The van der Waals surface area contributed by atoms with Crippen molar-refractivity contribution in [3.63, 3.8) is 0 Å².